The number of likely N-dealkylation sites (tertiary alicyclic amines) is 1. The molecule has 0 aliphatic carbocycles. The Morgan fingerprint density at radius 2 is 1.70 bits per heavy atom. The summed E-state index contributed by atoms with van der Waals surface area (Å²) in [6.07, 6.45) is -1.57. The summed E-state index contributed by atoms with van der Waals surface area (Å²) in [5.41, 5.74) is 2.39. The van der Waals surface area contributed by atoms with Gasteiger partial charge in [-0.25, -0.2) is 10.6 Å². The van der Waals surface area contributed by atoms with Gasteiger partial charge in [-0.05, 0) is 69.0 Å². The van der Waals surface area contributed by atoms with E-state index in [0.29, 0.717) is 24.3 Å². The molecule has 1 fully saturated rings. The first-order valence-electron chi connectivity index (χ1n) is 12.2. The number of nitrogens with two attached hydrogens (primary N) is 1. The fourth-order valence-corrected chi connectivity index (χ4v) is 4.48. The number of carbonyl (C=O) groups is 2. The van der Waals surface area contributed by atoms with E-state index in [-0.39, 0.29) is 18.0 Å². The Kier molecular flexibility index (Phi) is 9.34. The Morgan fingerprint density at radius 1 is 1.11 bits per heavy atom. The maximum atomic E-state index is 12.8. The number of hydrogen-bond donors (Lipinski definition) is 2. The van der Waals surface area contributed by atoms with Crippen molar-refractivity contribution in [1.82, 2.24) is 15.2 Å². The number of benzene rings is 2. The first kappa shape index (κ1) is 28.2. The third kappa shape index (κ3) is 7.33. The molecule has 3 rings (SSSR count). The molecule has 37 heavy (non-hydrogen) atoms. The molecule has 0 radical (unpaired) electrons. The summed E-state index contributed by atoms with van der Waals surface area (Å²) in [6.45, 7) is 7.11. The summed E-state index contributed by atoms with van der Waals surface area (Å²) in [6, 6.07) is 15.1. The lowest BCUT2D eigenvalue weighted by atomic mass is 9.88. The second-order valence-electron chi connectivity index (χ2n) is 9.38. The van der Waals surface area contributed by atoms with E-state index in [2.05, 4.69) is 6.58 Å². The van der Waals surface area contributed by atoms with Crippen molar-refractivity contribution in [2.75, 3.05) is 24.5 Å². The molecular weight excluding hydrogens is 483 g/mol. The molecular formula is C27H34F3N5O2. The number of hydrogen-bond acceptors (Lipinski definition) is 4. The fourth-order valence-electron chi connectivity index (χ4n) is 4.48. The quantitative estimate of drug-likeness (QED) is 0.295. The summed E-state index contributed by atoms with van der Waals surface area (Å²) < 4.78 is 38.2. The summed E-state index contributed by atoms with van der Waals surface area (Å²) in [7, 11) is 0. The van der Waals surface area contributed by atoms with Crippen molar-refractivity contribution < 1.29 is 22.8 Å². The molecule has 1 saturated heterocycles. The van der Waals surface area contributed by atoms with E-state index in [1.54, 1.807) is 30.3 Å². The highest BCUT2D eigenvalue weighted by Crippen LogP contribution is 2.33. The standard InChI is InChI=1S/C27H34F3N5O2/c1-4-34(26(37)35(31)19(2)3)23-12-10-20(11-13-23)21-14-16-33(17-15-21)24(22-8-6-5-7-9-22)25(36)32-18-27(28,29)30/h4-13,19,21,24H,1,14-18,31H2,2-3H3,(H,32,36). The van der Waals surface area contributed by atoms with Gasteiger partial charge >= 0.3 is 12.2 Å². The number of nitrogens with one attached hydrogen (secondary N) is 1. The highest BCUT2D eigenvalue weighted by atomic mass is 19.4. The molecule has 1 aliphatic rings. The van der Waals surface area contributed by atoms with Crippen molar-refractivity contribution in [1.29, 1.82) is 0 Å². The lowest BCUT2D eigenvalue weighted by Gasteiger charge is -2.37. The minimum atomic E-state index is -4.47. The number of anilines is 1. The van der Waals surface area contributed by atoms with Crippen LogP contribution < -0.4 is 16.1 Å². The van der Waals surface area contributed by atoms with Gasteiger partial charge in [0.25, 0.3) is 0 Å². The maximum absolute atomic E-state index is 12.8. The van der Waals surface area contributed by atoms with Gasteiger partial charge in [0.05, 0.1) is 5.69 Å². The molecule has 7 nitrogen and oxygen atoms in total. The Hall–Kier alpha value is -3.37. The summed E-state index contributed by atoms with van der Waals surface area (Å²) in [4.78, 5) is 28.8. The molecule has 0 aromatic heterocycles. The second-order valence-corrected chi connectivity index (χ2v) is 9.38. The van der Waals surface area contributed by atoms with Crippen LogP contribution in [0.3, 0.4) is 0 Å². The number of carbonyl (C=O) groups excluding carboxylic acids is 2. The van der Waals surface area contributed by atoms with Crippen molar-refractivity contribution in [3.63, 3.8) is 0 Å². The number of halogens is 3. The summed E-state index contributed by atoms with van der Waals surface area (Å²) in [5.74, 6) is 5.43. The first-order valence-corrected chi connectivity index (χ1v) is 12.2. The SMILES string of the molecule is C=CN(C(=O)N(N)C(C)C)c1ccc(C2CCN(C(C(=O)NCC(F)(F)F)c3ccccc3)CC2)cc1. The molecule has 0 saturated carbocycles. The predicted octanol–water partition coefficient (Wildman–Crippen LogP) is 4.94. The van der Waals surface area contributed by atoms with Gasteiger partial charge < -0.3 is 5.32 Å². The molecule has 1 heterocycles. The zero-order chi connectivity index (χ0) is 27.2. The number of rotatable bonds is 8. The zero-order valence-electron chi connectivity index (χ0n) is 21.1. The van der Waals surface area contributed by atoms with E-state index < -0.39 is 24.7 Å². The largest absolute Gasteiger partial charge is 0.405 e. The van der Waals surface area contributed by atoms with Crippen LogP contribution in [-0.4, -0.2) is 53.7 Å². The molecule has 3 amide bonds. The third-order valence-electron chi connectivity index (χ3n) is 6.53. The minimum Gasteiger partial charge on any atom is -0.345 e. The van der Waals surface area contributed by atoms with E-state index in [9.17, 15) is 22.8 Å². The summed E-state index contributed by atoms with van der Waals surface area (Å²) in [5, 5.41) is 3.19. The highest BCUT2D eigenvalue weighted by Gasteiger charge is 2.34. The average molecular weight is 518 g/mol. The topological polar surface area (TPSA) is 81.9 Å². The smallest absolute Gasteiger partial charge is 0.345 e. The molecule has 1 unspecified atom stereocenters. The maximum Gasteiger partial charge on any atom is 0.405 e. The highest BCUT2D eigenvalue weighted by molar-refractivity contribution is 5.93. The molecule has 3 N–H and O–H groups in total. The van der Waals surface area contributed by atoms with Crippen LogP contribution in [0.15, 0.2) is 67.4 Å². The van der Waals surface area contributed by atoms with E-state index in [1.807, 2.05) is 48.3 Å². The van der Waals surface area contributed by atoms with Crippen molar-refractivity contribution >= 4 is 17.6 Å². The molecule has 2 aromatic rings. The number of amides is 3. The Bertz CT molecular complexity index is 1050. The minimum absolute atomic E-state index is 0.172. The molecule has 0 bridgehead atoms. The van der Waals surface area contributed by atoms with Crippen LogP contribution in [0.5, 0.6) is 0 Å². The number of hydrazine groups is 1. The van der Waals surface area contributed by atoms with Crippen LogP contribution in [0.1, 0.15) is 49.8 Å². The number of piperidine rings is 1. The van der Waals surface area contributed by atoms with E-state index in [1.165, 1.54) is 11.1 Å². The van der Waals surface area contributed by atoms with Crippen LogP contribution in [0, 0.1) is 0 Å². The van der Waals surface area contributed by atoms with Gasteiger partial charge in [0, 0.05) is 12.2 Å². The lowest BCUT2D eigenvalue weighted by Crippen LogP contribution is -2.48. The van der Waals surface area contributed by atoms with Crippen LogP contribution >= 0.6 is 0 Å². The lowest BCUT2D eigenvalue weighted by molar-refractivity contribution is -0.142. The molecule has 2 aromatic carbocycles. The van der Waals surface area contributed by atoms with Gasteiger partial charge in [0.1, 0.15) is 12.6 Å². The second kappa shape index (κ2) is 12.2. The third-order valence-corrected chi connectivity index (χ3v) is 6.53. The van der Waals surface area contributed by atoms with Crippen LogP contribution in [0.4, 0.5) is 23.7 Å². The zero-order valence-corrected chi connectivity index (χ0v) is 21.1. The van der Waals surface area contributed by atoms with E-state index in [0.717, 1.165) is 23.4 Å². The Balaban J connectivity index is 1.68. The monoisotopic (exact) mass is 517 g/mol. The Morgan fingerprint density at radius 3 is 2.22 bits per heavy atom. The fraction of sp³-hybridized carbons (Fsp3) is 0.407. The van der Waals surface area contributed by atoms with Gasteiger partial charge in [-0.1, -0.05) is 49.0 Å². The molecule has 1 aliphatic heterocycles. The van der Waals surface area contributed by atoms with E-state index in [4.69, 9.17) is 5.84 Å². The Labute approximate surface area is 215 Å². The van der Waals surface area contributed by atoms with Crippen LogP contribution in [0.2, 0.25) is 0 Å². The molecule has 200 valence electrons. The molecule has 0 spiro atoms. The molecule has 10 heteroatoms. The van der Waals surface area contributed by atoms with Gasteiger partial charge in [-0.15, -0.1) is 0 Å². The van der Waals surface area contributed by atoms with Crippen molar-refractivity contribution in [2.24, 2.45) is 5.84 Å². The van der Waals surface area contributed by atoms with Gasteiger partial charge in [-0.3, -0.25) is 19.6 Å². The van der Waals surface area contributed by atoms with Gasteiger partial charge in [-0.2, -0.15) is 13.2 Å². The van der Waals surface area contributed by atoms with Gasteiger partial charge in [0.15, 0.2) is 0 Å². The summed E-state index contributed by atoms with van der Waals surface area (Å²) >= 11 is 0. The van der Waals surface area contributed by atoms with E-state index >= 15 is 0 Å². The normalized spacial score (nSPS) is 15.8. The van der Waals surface area contributed by atoms with Gasteiger partial charge in [0.2, 0.25) is 5.91 Å². The number of urea groups is 1. The van der Waals surface area contributed by atoms with Crippen molar-refractivity contribution in [3.8, 4) is 0 Å². The van der Waals surface area contributed by atoms with Crippen LogP contribution in [-0.2, 0) is 4.79 Å². The predicted molar refractivity (Wildman–Crippen MR) is 137 cm³/mol. The van der Waals surface area contributed by atoms with Crippen molar-refractivity contribution in [2.45, 2.75) is 50.9 Å². The number of nitrogens with zero attached hydrogens (tertiary/aromatic N) is 3. The molecule has 1 atom stereocenters. The van der Waals surface area contributed by atoms with Crippen LogP contribution in [0.25, 0.3) is 0 Å². The number of alkyl halides is 3. The first-order chi connectivity index (χ1) is 17.5. The van der Waals surface area contributed by atoms with Crippen molar-refractivity contribution in [3.05, 3.63) is 78.5 Å². The average Bonchev–Trinajstić information content (AvgIpc) is 2.88.